The molecule has 5 heteroatoms. The van der Waals surface area contributed by atoms with Gasteiger partial charge in [0, 0.05) is 12.2 Å². The lowest BCUT2D eigenvalue weighted by molar-refractivity contribution is 0.318. The highest BCUT2D eigenvalue weighted by atomic mass is 32.2. The number of aryl methyl sites for hydroxylation is 1. The minimum atomic E-state index is 0.724. The quantitative estimate of drug-likeness (QED) is 0.616. The molecule has 0 fully saturated rings. The maximum Gasteiger partial charge on any atom is 0.208 e. The molecule has 0 unspecified atom stereocenters. The fourth-order valence-electron chi connectivity index (χ4n) is 1.43. The second-order valence-electron chi connectivity index (χ2n) is 3.78. The first-order valence-corrected chi connectivity index (χ1v) is 7.09. The van der Waals surface area contributed by atoms with Gasteiger partial charge in [-0.1, -0.05) is 36.9 Å². The van der Waals surface area contributed by atoms with Crippen LogP contribution in [0.25, 0.3) is 0 Å². The highest BCUT2D eigenvalue weighted by Crippen LogP contribution is 2.14. The summed E-state index contributed by atoms with van der Waals surface area (Å²) in [6.45, 7) is 2.78. The molecule has 0 radical (unpaired) electrons. The van der Waals surface area contributed by atoms with E-state index in [0.29, 0.717) is 0 Å². The molecular weight excluding hydrogens is 246 g/mol. The SMILES string of the molecule is CCc1nc(SCCCOc2ccccc2)n[nH]1. The van der Waals surface area contributed by atoms with E-state index in [-0.39, 0.29) is 0 Å². The molecule has 0 aliphatic rings. The first kappa shape index (κ1) is 13.0. The van der Waals surface area contributed by atoms with Crippen LogP contribution in [0.15, 0.2) is 35.5 Å². The van der Waals surface area contributed by atoms with Crippen LogP contribution in [0.3, 0.4) is 0 Å². The summed E-state index contributed by atoms with van der Waals surface area (Å²) in [5.41, 5.74) is 0. The van der Waals surface area contributed by atoms with Crippen molar-refractivity contribution in [2.24, 2.45) is 0 Å². The third-order valence-electron chi connectivity index (χ3n) is 2.38. The Balaban J connectivity index is 1.61. The van der Waals surface area contributed by atoms with E-state index in [0.717, 1.165) is 41.9 Å². The van der Waals surface area contributed by atoms with Crippen molar-refractivity contribution in [3.8, 4) is 5.75 Å². The maximum absolute atomic E-state index is 5.61. The number of hydrogen-bond acceptors (Lipinski definition) is 4. The fourth-order valence-corrected chi connectivity index (χ4v) is 2.16. The third kappa shape index (κ3) is 4.07. The number of nitrogens with zero attached hydrogens (tertiary/aromatic N) is 2. The van der Waals surface area contributed by atoms with Gasteiger partial charge >= 0.3 is 0 Å². The van der Waals surface area contributed by atoms with E-state index >= 15 is 0 Å². The van der Waals surface area contributed by atoms with E-state index < -0.39 is 0 Å². The van der Waals surface area contributed by atoms with Crippen LogP contribution in [0, 0.1) is 0 Å². The standard InChI is InChI=1S/C13H17N3OS/c1-2-12-14-13(16-15-12)18-10-6-9-17-11-7-4-3-5-8-11/h3-5,7-8H,2,6,9-10H2,1H3,(H,14,15,16). The van der Waals surface area contributed by atoms with Crippen molar-refractivity contribution < 1.29 is 4.74 Å². The van der Waals surface area contributed by atoms with E-state index in [4.69, 9.17) is 4.74 Å². The molecule has 0 aliphatic carbocycles. The van der Waals surface area contributed by atoms with E-state index in [9.17, 15) is 0 Å². The summed E-state index contributed by atoms with van der Waals surface area (Å²) in [4.78, 5) is 4.34. The van der Waals surface area contributed by atoms with Gasteiger partial charge < -0.3 is 4.74 Å². The number of ether oxygens (including phenoxy) is 1. The van der Waals surface area contributed by atoms with Gasteiger partial charge in [0.15, 0.2) is 0 Å². The normalized spacial score (nSPS) is 10.5. The summed E-state index contributed by atoms with van der Waals surface area (Å²) in [6, 6.07) is 9.87. The van der Waals surface area contributed by atoms with Gasteiger partial charge in [-0.3, -0.25) is 5.10 Å². The van der Waals surface area contributed by atoms with Gasteiger partial charge in [-0.25, -0.2) is 4.98 Å². The molecule has 0 saturated heterocycles. The first-order chi connectivity index (χ1) is 8.88. The molecule has 2 rings (SSSR count). The van der Waals surface area contributed by atoms with Crippen LogP contribution in [0.4, 0.5) is 0 Å². The topological polar surface area (TPSA) is 50.8 Å². The van der Waals surface area contributed by atoms with Gasteiger partial charge in [0.1, 0.15) is 11.6 Å². The zero-order valence-corrected chi connectivity index (χ0v) is 11.2. The molecule has 1 heterocycles. The summed E-state index contributed by atoms with van der Waals surface area (Å²) in [6.07, 6.45) is 1.88. The third-order valence-corrected chi connectivity index (χ3v) is 3.31. The molecule has 2 aromatic rings. The van der Waals surface area contributed by atoms with Crippen molar-refractivity contribution in [1.82, 2.24) is 15.2 Å². The lowest BCUT2D eigenvalue weighted by atomic mass is 10.3. The molecule has 0 spiro atoms. The fraction of sp³-hybridized carbons (Fsp3) is 0.385. The second-order valence-corrected chi connectivity index (χ2v) is 4.84. The zero-order chi connectivity index (χ0) is 12.6. The van der Waals surface area contributed by atoms with Crippen LogP contribution in [-0.4, -0.2) is 27.5 Å². The molecule has 0 bridgehead atoms. The summed E-state index contributed by atoms with van der Waals surface area (Å²) in [5.74, 6) is 2.83. The Bertz CT molecular complexity index is 458. The van der Waals surface area contributed by atoms with Gasteiger partial charge in [-0.05, 0) is 18.6 Å². The number of H-pyrrole nitrogens is 1. The second kappa shape index (κ2) is 7.06. The predicted molar refractivity (Wildman–Crippen MR) is 73.0 cm³/mol. The van der Waals surface area contributed by atoms with Crippen LogP contribution in [0.2, 0.25) is 0 Å². The monoisotopic (exact) mass is 263 g/mol. The zero-order valence-electron chi connectivity index (χ0n) is 10.4. The molecule has 1 aromatic heterocycles. The Morgan fingerprint density at radius 2 is 2.11 bits per heavy atom. The van der Waals surface area contributed by atoms with Gasteiger partial charge in [-0.15, -0.1) is 5.10 Å². The predicted octanol–water partition coefficient (Wildman–Crippen LogP) is 2.93. The van der Waals surface area contributed by atoms with E-state index in [1.165, 1.54) is 0 Å². The molecule has 0 saturated carbocycles. The number of aromatic nitrogens is 3. The van der Waals surface area contributed by atoms with Crippen LogP contribution in [0.5, 0.6) is 5.75 Å². The van der Waals surface area contributed by atoms with Crippen LogP contribution >= 0.6 is 11.8 Å². The number of hydrogen-bond donors (Lipinski definition) is 1. The summed E-state index contributed by atoms with van der Waals surface area (Å²) in [5, 5.41) is 7.86. The minimum absolute atomic E-state index is 0.724. The molecule has 96 valence electrons. The smallest absolute Gasteiger partial charge is 0.208 e. The summed E-state index contributed by atoms with van der Waals surface area (Å²) < 4.78 is 5.61. The number of rotatable bonds is 7. The van der Waals surface area contributed by atoms with Crippen molar-refractivity contribution in [1.29, 1.82) is 0 Å². The van der Waals surface area contributed by atoms with Gasteiger partial charge in [0.2, 0.25) is 5.16 Å². The number of thioether (sulfide) groups is 1. The van der Waals surface area contributed by atoms with E-state index in [1.807, 2.05) is 30.3 Å². The Kier molecular flexibility index (Phi) is 5.08. The lowest BCUT2D eigenvalue weighted by Crippen LogP contribution is -1.98. The minimum Gasteiger partial charge on any atom is -0.494 e. The van der Waals surface area contributed by atoms with Crippen molar-refractivity contribution in [3.05, 3.63) is 36.2 Å². The van der Waals surface area contributed by atoms with Crippen LogP contribution in [-0.2, 0) is 6.42 Å². The molecule has 0 atom stereocenters. The highest BCUT2D eigenvalue weighted by Gasteiger charge is 2.01. The van der Waals surface area contributed by atoms with Crippen LogP contribution < -0.4 is 4.74 Å². The molecule has 0 aliphatic heterocycles. The molecule has 4 nitrogen and oxygen atoms in total. The van der Waals surface area contributed by atoms with Crippen LogP contribution in [0.1, 0.15) is 19.2 Å². The van der Waals surface area contributed by atoms with Crippen molar-refractivity contribution in [2.45, 2.75) is 24.9 Å². The van der Waals surface area contributed by atoms with E-state index in [2.05, 4.69) is 22.1 Å². The molecular formula is C13H17N3OS. The Labute approximate surface area is 111 Å². The number of para-hydroxylation sites is 1. The average molecular weight is 263 g/mol. The average Bonchev–Trinajstić information content (AvgIpc) is 2.87. The van der Waals surface area contributed by atoms with Crippen molar-refractivity contribution >= 4 is 11.8 Å². The maximum atomic E-state index is 5.61. The van der Waals surface area contributed by atoms with E-state index in [1.54, 1.807) is 11.8 Å². The number of benzene rings is 1. The number of nitrogens with one attached hydrogen (secondary N) is 1. The Morgan fingerprint density at radius 1 is 1.28 bits per heavy atom. The van der Waals surface area contributed by atoms with Gasteiger partial charge in [-0.2, -0.15) is 0 Å². The highest BCUT2D eigenvalue weighted by molar-refractivity contribution is 7.99. The molecule has 1 N–H and O–H groups in total. The van der Waals surface area contributed by atoms with Crippen molar-refractivity contribution in [2.75, 3.05) is 12.4 Å². The lowest BCUT2D eigenvalue weighted by Gasteiger charge is -2.04. The Hall–Kier alpha value is -1.49. The summed E-state index contributed by atoms with van der Waals surface area (Å²) in [7, 11) is 0. The molecule has 1 aromatic carbocycles. The molecule has 0 amide bonds. The summed E-state index contributed by atoms with van der Waals surface area (Å²) >= 11 is 1.66. The number of aromatic amines is 1. The molecule has 18 heavy (non-hydrogen) atoms. The van der Waals surface area contributed by atoms with Gasteiger partial charge in [0.25, 0.3) is 0 Å². The Morgan fingerprint density at radius 3 is 2.83 bits per heavy atom. The first-order valence-electron chi connectivity index (χ1n) is 6.10. The largest absolute Gasteiger partial charge is 0.494 e. The van der Waals surface area contributed by atoms with Gasteiger partial charge in [0.05, 0.1) is 6.61 Å². The van der Waals surface area contributed by atoms with Crippen molar-refractivity contribution in [3.63, 3.8) is 0 Å².